The number of carbonyl (C=O) groups is 1. The molecule has 1 heterocycles. The first-order valence-electron chi connectivity index (χ1n) is 6.28. The van der Waals surface area contributed by atoms with E-state index in [0.717, 1.165) is 15.0 Å². The highest BCUT2D eigenvalue weighted by Gasteiger charge is 2.11. The molecule has 110 valence electrons. The molecule has 0 radical (unpaired) electrons. The Morgan fingerprint density at radius 3 is 2.64 bits per heavy atom. The number of benzene rings is 2. The number of hydrogen-bond acceptors (Lipinski definition) is 4. The quantitative estimate of drug-likeness (QED) is 0.689. The number of hydrogen-bond donors (Lipinski definition) is 1. The van der Waals surface area contributed by atoms with Crippen molar-refractivity contribution < 1.29 is 4.79 Å². The van der Waals surface area contributed by atoms with Crippen LogP contribution < -0.4 is 5.32 Å². The predicted octanol–water partition coefficient (Wildman–Crippen LogP) is 4.87. The van der Waals surface area contributed by atoms with Gasteiger partial charge in [-0.1, -0.05) is 57.1 Å². The standard InChI is InChI=1S/C15H9BrClN3OS/c16-11-3-1-2-10(8-11)13(21)18-15-20-19-14(22-15)9-4-6-12(17)7-5-9/h1-8H,(H,18,20,21). The van der Waals surface area contributed by atoms with Gasteiger partial charge in [0.25, 0.3) is 5.91 Å². The van der Waals surface area contributed by atoms with Gasteiger partial charge in [0.05, 0.1) is 0 Å². The van der Waals surface area contributed by atoms with Crippen molar-refractivity contribution in [1.29, 1.82) is 0 Å². The number of halogens is 2. The first-order valence-corrected chi connectivity index (χ1v) is 8.27. The lowest BCUT2D eigenvalue weighted by molar-refractivity contribution is 0.102. The fourth-order valence-corrected chi connectivity index (χ4v) is 3.05. The summed E-state index contributed by atoms with van der Waals surface area (Å²) in [6.07, 6.45) is 0. The Bertz CT molecular complexity index is 820. The molecule has 1 N–H and O–H groups in total. The number of amides is 1. The molecule has 0 saturated heterocycles. The number of carbonyl (C=O) groups excluding carboxylic acids is 1. The van der Waals surface area contributed by atoms with Crippen LogP contribution in [0.15, 0.2) is 53.0 Å². The van der Waals surface area contributed by atoms with E-state index in [1.54, 1.807) is 30.3 Å². The van der Waals surface area contributed by atoms with Gasteiger partial charge in [-0.3, -0.25) is 10.1 Å². The lowest BCUT2D eigenvalue weighted by Gasteiger charge is -2.01. The molecule has 22 heavy (non-hydrogen) atoms. The monoisotopic (exact) mass is 393 g/mol. The lowest BCUT2D eigenvalue weighted by Crippen LogP contribution is -2.11. The first-order chi connectivity index (χ1) is 10.6. The molecule has 2 aromatic carbocycles. The fourth-order valence-electron chi connectivity index (χ4n) is 1.78. The Kier molecular flexibility index (Phi) is 4.52. The van der Waals surface area contributed by atoms with Crippen molar-refractivity contribution in [3.8, 4) is 10.6 Å². The summed E-state index contributed by atoms with van der Waals surface area (Å²) in [6.45, 7) is 0. The molecule has 3 aromatic rings. The normalized spacial score (nSPS) is 10.5. The summed E-state index contributed by atoms with van der Waals surface area (Å²) >= 11 is 10.5. The van der Waals surface area contributed by atoms with Crippen LogP contribution in [0, 0.1) is 0 Å². The van der Waals surface area contributed by atoms with Gasteiger partial charge in [-0.2, -0.15) is 0 Å². The molecule has 7 heteroatoms. The van der Waals surface area contributed by atoms with E-state index in [0.29, 0.717) is 15.7 Å². The van der Waals surface area contributed by atoms with Crippen LogP contribution in [-0.2, 0) is 0 Å². The summed E-state index contributed by atoms with van der Waals surface area (Å²) in [4.78, 5) is 12.1. The van der Waals surface area contributed by atoms with Gasteiger partial charge in [0, 0.05) is 20.6 Å². The van der Waals surface area contributed by atoms with Crippen LogP contribution in [0.1, 0.15) is 10.4 Å². The van der Waals surface area contributed by atoms with E-state index in [9.17, 15) is 4.79 Å². The van der Waals surface area contributed by atoms with E-state index in [2.05, 4.69) is 31.4 Å². The van der Waals surface area contributed by atoms with E-state index in [-0.39, 0.29) is 5.91 Å². The minimum atomic E-state index is -0.222. The Morgan fingerprint density at radius 1 is 1.14 bits per heavy atom. The zero-order valence-corrected chi connectivity index (χ0v) is 14.2. The van der Waals surface area contributed by atoms with Crippen molar-refractivity contribution in [2.45, 2.75) is 0 Å². The molecule has 1 amide bonds. The fraction of sp³-hybridized carbons (Fsp3) is 0. The van der Waals surface area contributed by atoms with E-state index < -0.39 is 0 Å². The Morgan fingerprint density at radius 2 is 1.91 bits per heavy atom. The largest absolute Gasteiger partial charge is 0.296 e. The zero-order chi connectivity index (χ0) is 15.5. The number of nitrogens with one attached hydrogen (secondary N) is 1. The summed E-state index contributed by atoms with van der Waals surface area (Å²) in [5.74, 6) is -0.222. The predicted molar refractivity (Wildman–Crippen MR) is 92.5 cm³/mol. The highest BCUT2D eigenvalue weighted by Crippen LogP contribution is 2.27. The van der Waals surface area contributed by atoms with Crippen LogP contribution in [0.3, 0.4) is 0 Å². The highest BCUT2D eigenvalue weighted by atomic mass is 79.9. The van der Waals surface area contributed by atoms with Crippen LogP contribution in [0.4, 0.5) is 5.13 Å². The molecule has 0 saturated carbocycles. The summed E-state index contributed by atoms with van der Waals surface area (Å²) in [5.41, 5.74) is 1.46. The second-order valence-electron chi connectivity index (χ2n) is 4.38. The maximum Gasteiger partial charge on any atom is 0.257 e. The van der Waals surface area contributed by atoms with Crippen LogP contribution >= 0.6 is 38.9 Å². The van der Waals surface area contributed by atoms with E-state index in [1.807, 2.05) is 18.2 Å². The Hall–Kier alpha value is -1.76. The number of aromatic nitrogens is 2. The molecule has 0 spiro atoms. The van der Waals surface area contributed by atoms with Gasteiger partial charge in [0.1, 0.15) is 5.01 Å². The van der Waals surface area contributed by atoms with Crippen molar-refractivity contribution in [3.63, 3.8) is 0 Å². The molecule has 0 fully saturated rings. The maximum atomic E-state index is 12.1. The van der Waals surface area contributed by atoms with Crippen molar-refractivity contribution >= 4 is 49.9 Å². The minimum Gasteiger partial charge on any atom is -0.296 e. The second-order valence-corrected chi connectivity index (χ2v) is 6.71. The van der Waals surface area contributed by atoms with E-state index in [4.69, 9.17) is 11.6 Å². The molecular weight excluding hydrogens is 386 g/mol. The SMILES string of the molecule is O=C(Nc1nnc(-c2ccc(Cl)cc2)s1)c1cccc(Br)c1. The third-order valence-electron chi connectivity index (χ3n) is 2.82. The molecule has 0 aliphatic heterocycles. The van der Waals surface area contributed by atoms with Gasteiger partial charge in [0.2, 0.25) is 5.13 Å². The summed E-state index contributed by atoms with van der Waals surface area (Å²) in [6, 6.07) is 14.5. The third-order valence-corrected chi connectivity index (χ3v) is 4.46. The molecule has 0 aliphatic carbocycles. The van der Waals surface area contributed by atoms with Crippen molar-refractivity contribution in [2.24, 2.45) is 0 Å². The molecule has 0 unspecified atom stereocenters. The molecule has 4 nitrogen and oxygen atoms in total. The Balaban J connectivity index is 1.77. The van der Waals surface area contributed by atoms with Crippen LogP contribution in [-0.4, -0.2) is 16.1 Å². The minimum absolute atomic E-state index is 0.222. The van der Waals surface area contributed by atoms with E-state index >= 15 is 0 Å². The average molecular weight is 395 g/mol. The van der Waals surface area contributed by atoms with Crippen molar-refractivity contribution in [2.75, 3.05) is 5.32 Å². The molecular formula is C15H9BrClN3OS. The molecule has 0 aliphatic rings. The van der Waals surface area contributed by atoms with Gasteiger partial charge in [0.15, 0.2) is 0 Å². The van der Waals surface area contributed by atoms with Gasteiger partial charge >= 0.3 is 0 Å². The second kappa shape index (κ2) is 6.56. The summed E-state index contributed by atoms with van der Waals surface area (Å²) < 4.78 is 0.847. The van der Waals surface area contributed by atoms with Gasteiger partial charge in [-0.25, -0.2) is 0 Å². The van der Waals surface area contributed by atoms with Gasteiger partial charge in [-0.15, -0.1) is 10.2 Å². The number of anilines is 1. The number of nitrogens with zero attached hydrogens (tertiary/aromatic N) is 2. The third kappa shape index (κ3) is 3.52. The van der Waals surface area contributed by atoms with Crippen LogP contribution in [0.2, 0.25) is 5.02 Å². The van der Waals surface area contributed by atoms with Crippen LogP contribution in [0.25, 0.3) is 10.6 Å². The zero-order valence-electron chi connectivity index (χ0n) is 11.1. The smallest absolute Gasteiger partial charge is 0.257 e. The molecule has 1 aromatic heterocycles. The Labute approximate surface area is 144 Å². The molecule has 0 atom stereocenters. The van der Waals surface area contributed by atoms with E-state index in [1.165, 1.54) is 11.3 Å². The maximum absolute atomic E-state index is 12.1. The van der Waals surface area contributed by atoms with Crippen LogP contribution in [0.5, 0.6) is 0 Å². The molecule has 0 bridgehead atoms. The van der Waals surface area contributed by atoms with Gasteiger partial charge < -0.3 is 0 Å². The summed E-state index contributed by atoms with van der Waals surface area (Å²) in [5, 5.41) is 12.7. The number of rotatable bonds is 3. The highest BCUT2D eigenvalue weighted by molar-refractivity contribution is 9.10. The van der Waals surface area contributed by atoms with Crippen molar-refractivity contribution in [1.82, 2.24) is 10.2 Å². The average Bonchev–Trinajstić information content (AvgIpc) is 2.96. The molecule has 3 rings (SSSR count). The van der Waals surface area contributed by atoms with Crippen molar-refractivity contribution in [3.05, 3.63) is 63.6 Å². The lowest BCUT2D eigenvalue weighted by atomic mass is 10.2. The topological polar surface area (TPSA) is 54.9 Å². The first kappa shape index (κ1) is 15.1. The van der Waals surface area contributed by atoms with Gasteiger partial charge in [-0.05, 0) is 30.3 Å². The summed E-state index contributed by atoms with van der Waals surface area (Å²) in [7, 11) is 0.